The van der Waals surface area contributed by atoms with Crippen LogP contribution in [0.25, 0.3) is 0 Å². The Morgan fingerprint density at radius 2 is 1.84 bits per heavy atom. The molecule has 1 aliphatic carbocycles. The van der Waals surface area contributed by atoms with Gasteiger partial charge in [-0.3, -0.25) is 0 Å². The van der Waals surface area contributed by atoms with Gasteiger partial charge in [-0.2, -0.15) is 0 Å². The number of hydrogen-bond donors (Lipinski definition) is 1. The van der Waals surface area contributed by atoms with Crippen LogP contribution in [-0.4, -0.2) is 47.5 Å². The van der Waals surface area contributed by atoms with Gasteiger partial charge in [0.15, 0.2) is 0 Å². The number of aryl methyl sites for hydroxylation is 1. The third-order valence-electron chi connectivity index (χ3n) is 6.02. The molecule has 3 fully saturated rings. The first-order valence-corrected chi connectivity index (χ1v) is 10.1. The molecule has 3 aliphatic rings. The van der Waals surface area contributed by atoms with Crippen molar-refractivity contribution in [2.45, 2.75) is 76.4 Å². The van der Waals surface area contributed by atoms with Crippen molar-refractivity contribution in [2.75, 3.05) is 19.6 Å². The van der Waals surface area contributed by atoms with Crippen LogP contribution in [0, 0.1) is 6.92 Å². The summed E-state index contributed by atoms with van der Waals surface area (Å²) in [4.78, 5) is 17.6. The summed E-state index contributed by atoms with van der Waals surface area (Å²) in [5, 5.41) is 3.32. The summed E-state index contributed by atoms with van der Waals surface area (Å²) in [6.07, 6.45) is 9.35. The molecule has 1 atom stereocenters. The van der Waals surface area contributed by atoms with Gasteiger partial charge in [0.1, 0.15) is 11.5 Å². The molecule has 3 heterocycles. The van der Waals surface area contributed by atoms with Gasteiger partial charge in [-0.15, -0.1) is 0 Å². The maximum Gasteiger partial charge on any atom is 0.318 e. The summed E-state index contributed by atoms with van der Waals surface area (Å²) in [7, 11) is 0. The van der Waals surface area contributed by atoms with E-state index in [9.17, 15) is 4.79 Å². The quantitative estimate of drug-likeness (QED) is 0.905. The number of piperidine rings is 1. The van der Waals surface area contributed by atoms with Crippen molar-refractivity contribution >= 4 is 6.03 Å². The molecule has 5 nitrogen and oxygen atoms in total. The van der Waals surface area contributed by atoms with E-state index in [4.69, 9.17) is 4.42 Å². The molecule has 2 amide bonds. The lowest BCUT2D eigenvalue weighted by Crippen LogP contribution is -2.50. The molecule has 25 heavy (non-hydrogen) atoms. The lowest BCUT2D eigenvalue weighted by molar-refractivity contribution is 0.149. The molecule has 0 bridgehead atoms. The van der Waals surface area contributed by atoms with Crippen LogP contribution >= 0.6 is 0 Å². The van der Waals surface area contributed by atoms with Crippen LogP contribution < -0.4 is 5.32 Å². The van der Waals surface area contributed by atoms with Gasteiger partial charge in [-0.25, -0.2) is 4.79 Å². The van der Waals surface area contributed by atoms with Crippen molar-refractivity contribution in [2.24, 2.45) is 0 Å². The number of carbonyl (C=O) groups excluding carboxylic acids is 1. The summed E-state index contributed by atoms with van der Waals surface area (Å²) in [6, 6.07) is 5.40. The summed E-state index contributed by atoms with van der Waals surface area (Å²) >= 11 is 0. The Morgan fingerprint density at radius 1 is 1.04 bits per heavy atom. The number of carbonyl (C=O) groups is 1. The van der Waals surface area contributed by atoms with Crippen LogP contribution in [0.2, 0.25) is 0 Å². The maximum atomic E-state index is 13.0. The average Bonchev–Trinajstić information content (AvgIpc) is 3.41. The third-order valence-corrected chi connectivity index (χ3v) is 6.02. The van der Waals surface area contributed by atoms with Crippen LogP contribution in [0.3, 0.4) is 0 Å². The van der Waals surface area contributed by atoms with Gasteiger partial charge in [0.25, 0.3) is 0 Å². The SMILES string of the molecule is Cc1ccc([C@H]2CCCCCN2C(=O)NC2CCN(C3CC3)CC2)o1. The Balaban J connectivity index is 1.38. The van der Waals surface area contributed by atoms with Gasteiger partial charge in [0.2, 0.25) is 0 Å². The average molecular weight is 345 g/mol. The second-order valence-electron chi connectivity index (χ2n) is 8.00. The predicted octanol–water partition coefficient (Wildman–Crippen LogP) is 3.84. The maximum absolute atomic E-state index is 13.0. The second kappa shape index (κ2) is 7.40. The number of rotatable bonds is 3. The molecule has 5 heteroatoms. The summed E-state index contributed by atoms with van der Waals surface area (Å²) in [6.45, 7) is 5.07. The normalized spacial score (nSPS) is 26.4. The highest BCUT2D eigenvalue weighted by molar-refractivity contribution is 5.75. The van der Waals surface area contributed by atoms with Crippen molar-refractivity contribution < 1.29 is 9.21 Å². The molecule has 1 aromatic rings. The highest BCUT2D eigenvalue weighted by Crippen LogP contribution is 2.32. The van der Waals surface area contributed by atoms with E-state index in [1.54, 1.807) is 0 Å². The minimum absolute atomic E-state index is 0.0859. The molecule has 2 saturated heterocycles. The van der Waals surface area contributed by atoms with E-state index >= 15 is 0 Å². The lowest BCUT2D eigenvalue weighted by atomic mass is 10.0. The number of furan rings is 1. The number of hydrogen-bond acceptors (Lipinski definition) is 3. The van der Waals surface area contributed by atoms with Crippen molar-refractivity contribution in [1.29, 1.82) is 0 Å². The minimum atomic E-state index is 0.0859. The number of urea groups is 1. The molecular weight excluding hydrogens is 314 g/mol. The fourth-order valence-corrected chi connectivity index (χ4v) is 4.39. The van der Waals surface area contributed by atoms with E-state index in [0.717, 1.165) is 69.3 Å². The molecule has 4 rings (SSSR count). The first-order chi connectivity index (χ1) is 12.2. The Kier molecular flexibility index (Phi) is 5.02. The molecule has 0 aromatic carbocycles. The first kappa shape index (κ1) is 17.0. The number of likely N-dealkylation sites (tertiary alicyclic amines) is 2. The summed E-state index contributed by atoms with van der Waals surface area (Å²) < 4.78 is 5.87. The highest BCUT2D eigenvalue weighted by Gasteiger charge is 2.34. The Labute approximate surface area is 150 Å². The Bertz CT molecular complexity index is 588. The molecule has 1 saturated carbocycles. The lowest BCUT2D eigenvalue weighted by Gasteiger charge is -2.35. The van der Waals surface area contributed by atoms with Crippen LogP contribution in [0.5, 0.6) is 0 Å². The van der Waals surface area contributed by atoms with E-state index in [0.29, 0.717) is 6.04 Å². The van der Waals surface area contributed by atoms with E-state index in [2.05, 4.69) is 10.2 Å². The zero-order chi connectivity index (χ0) is 17.2. The largest absolute Gasteiger partial charge is 0.464 e. The van der Waals surface area contributed by atoms with Crippen LogP contribution in [0.4, 0.5) is 4.79 Å². The zero-order valence-electron chi connectivity index (χ0n) is 15.4. The van der Waals surface area contributed by atoms with Gasteiger partial charge >= 0.3 is 6.03 Å². The van der Waals surface area contributed by atoms with Crippen molar-refractivity contribution in [3.05, 3.63) is 23.7 Å². The monoisotopic (exact) mass is 345 g/mol. The summed E-state index contributed by atoms with van der Waals surface area (Å²) in [5.74, 6) is 1.87. The smallest absolute Gasteiger partial charge is 0.318 e. The Morgan fingerprint density at radius 3 is 2.52 bits per heavy atom. The summed E-state index contributed by atoms with van der Waals surface area (Å²) in [5.41, 5.74) is 0. The molecule has 2 aliphatic heterocycles. The van der Waals surface area contributed by atoms with Gasteiger partial charge in [0.05, 0.1) is 6.04 Å². The molecule has 1 N–H and O–H groups in total. The van der Waals surface area contributed by atoms with E-state index in [1.165, 1.54) is 19.3 Å². The number of amides is 2. The van der Waals surface area contributed by atoms with Gasteiger partial charge < -0.3 is 19.5 Å². The molecule has 0 radical (unpaired) electrons. The van der Waals surface area contributed by atoms with Crippen LogP contribution in [0.1, 0.15) is 68.9 Å². The van der Waals surface area contributed by atoms with Gasteiger partial charge in [0, 0.05) is 31.7 Å². The topological polar surface area (TPSA) is 48.7 Å². The van der Waals surface area contributed by atoms with E-state index in [-0.39, 0.29) is 12.1 Å². The van der Waals surface area contributed by atoms with Crippen LogP contribution in [-0.2, 0) is 0 Å². The molecular formula is C20H31N3O2. The molecule has 0 spiro atoms. The fraction of sp³-hybridized carbons (Fsp3) is 0.750. The first-order valence-electron chi connectivity index (χ1n) is 10.1. The second-order valence-corrected chi connectivity index (χ2v) is 8.00. The standard InChI is InChI=1S/C20H31N3O2/c1-15-6-9-19(25-15)18-5-3-2-4-12-23(18)20(24)21-16-10-13-22(14-11-16)17-7-8-17/h6,9,16-18H,2-5,7-8,10-14H2,1H3,(H,21,24)/t18-/m1/s1. The minimum Gasteiger partial charge on any atom is -0.464 e. The number of nitrogens with one attached hydrogen (secondary N) is 1. The fourth-order valence-electron chi connectivity index (χ4n) is 4.39. The molecule has 0 unspecified atom stereocenters. The molecule has 1 aromatic heterocycles. The van der Waals surface area contributed by atoms with Crippen molar-refractivity contribution in [3.63, 3.8) is 0 Å². The number of nitrogens with zero attached hydrogens (tertiary/aromatic N) is 2. The van der Waals surface area contributed by atoms with Crippen LogP contribution in [0.15, 0.2) is 16.5 Å². The molecule has 138 valence electrons. The predicted molar refractivity (Wildman–Crippen MR) is 97.5 cm³/mol. The van der Waals surface area contributed by atoms with Crippen molar-refractivity contribution in [1.82, 2.24) is 15.1 Å². The van der Waals surface area contributed by atoms with Gasteiger partial charge in [-0.05, 0) is 57.6 Å². The third kappa shape index (κ3) is 4.02. The van der Waals surface area contributed by atoms with Gasteiger partial charge in [-0.1, -0.05) is 12.8 Å². The Hall–Kier alpha value is -1.49. The van der Waals surface area contributed by atoms with Crippen molar-refractivity contribution in [3.8, 4) is 0 Å². The van der Waals surface area contributed by atoms with E-state index < -0.39 is 0 Å². The van der Waals surface area contributed by atoms with E-state index in [1.807, 2.05) is 24.0 Å². The zero-order valence-corrected chi connectivity index (χ0v) is 15.4. The highest BCUT2D eigenvalue weighted by atomic mass is 16.3.